The molecule has 0 aliphatic carbocycles. The molecule has 3 nitrogen and oxygen atoms in total. The molecule has 0 heterocycles. The molecule has 1 aromatic carbocycles. The summed E-state index contributed by atoms with van der Waals surface area (Å²) in [5.74, 6) is 0.879. The van der Waals surface area contributed by atoms with E-state index < -0.39 is 0 Å². The van der Waals surface area contributed by atoms with Gasteiger partial charge >= 0.3 is 0 Å². The third kappa shape index (κ3) is 5.14. The van der Waals surface area contributed by atoms with Crippen LogP contribution in [-0.2, 0) is 11.3 Å². The average molecular weight is 223 g/mol. The normalized spacial score (nSPS) is 10.4. The summed E-state index contributed by atoms with van der Waals surface area (Å²) in [7, 11) is 1.67. The summed E-state index contributed by atoms with van der Waals surface area (Å²) < 4.78 is 10.7. The molecule has 0 unspecified atom stereocenters. The second-order valence-corrected chi connectivity index (χ2v) is 3.75. The summed E-state index contributed by atoms with van der Waals surface area (Å²) in [5.41, 5.74) is 6.56. The van der Waals surface area contributed by atoms with E-state index in [4.69, 9.17) is 15.2 Å². The zero-order valence-corrected chi connectivity index (χ0v) is 9.95. The van der Waals surface area contributed by atoms with E-state index in [1.807, 2.05) is 24.3 Å². The molecule has 0 aromatic heterocycles. The van der Waals surface area contributed by atoms with Crippen LogP contribution in [0.15, 0.2) is 24.3 Å². The summed E-state index contributed by atoms with van der Waals surface area (Å²) in [6.07, 6.45) is 3.32. The van der Waals surface area contributed by atoms with Crippen LogP contribution in [0.4, 0.5) is 0 Å². The Bertz CT molecular complexity index is 289. The number of benzene rings is 1. The van der Waals surface area contributed by atoms with Gasteiger partial charge in [-0.25, -0.2) is 0 Å². The zero-order valence-electron chi connectivity index (χ0n) is 9.95. The molecule has 1 rings (SSSR count). The van der Waals surface area contributed by atoms with Crippen molar-refractivity contribution < 1.29 is 9.47 Å². The maximum Gasteiger partial charge on any atom is 0.119 e. The second kappa shape index (κ2) is 8.13. The van der Waals surface area contributed by atoms with Gasteiger partial charge in [0.2, 0.25) is 0 Å². The number of hydrogen-bond acceptors (Lipinski definition) is 3. The highest BCUT2D eigenvalue weighted by atomic mass is 16.5. The van der Waals surface area contributed by atoms with Crippen LogP contribution in [0.1, 0.15) is 24.8 Å². The quantitative estimate of drug-likeness (QED) is 0.688. The first-order chi connectivity index (χ1) is 7.86. The smallest absolute Gasteiger partial charge is 0.119 e. The molecular weight excluding hydrogens is 202 g/mol. The van der Waals surface area contributed by atoms with Crippen LogP contribution in [0, 0.1) is 0 Å². The van der Waals surface area contributed by atoms with Gasteiger partial charge < -0.3 is 15.2 Å². The minimum absolute atomic E-state index is 0.653. The summed E-state index contributed by atoms with van der Waals surface area (Å²) in [4.78, 5) is 0. The third-order valence-corrected chi connectivity index (χ3v) is 2.40. The monoisotopic (exact) mass is 223 g/mol. The van der Waals surface area contributed by atoms with E-state index in [0.717, 1.165) is 43.7 Å². The van der Waals surface area contributed by atoms with Gasteiger partial charge in [0.1, 0.15) is 5.75 Å². The van der Waals surface area contributed by atoms with Crippen molar-refractivity contribution in [2.75, 3.05) is 20.3 Å². The molecular formula is C13H21NO2. The molecule has 1 aromatic rings. The predicted molar refractivity (Wildman–Crippen MR) is 65.6 cm³/mol. The van der Waals surface area contributed by atoms with Gasteiger partial charge in [-0.2, -0.15) is 0 Å². The lowest BCUT2D eigenvalue weighted by atomic mass is 10.2. The molecule has 0 aliphatic rings. The van der Waals surface area contributed by atoms with Crippen molar-refractivity contribution in [1.29, 1.82) is 0 Å². The molecule has 0 amide bonds. The fraction of sp³-hybridized carbons (Fsp3) is 0.538. The van der Waals surface area contributed by atoms with Gasteiger partial charge in [-0.3, -0.25) is 0 Å². The van der Waals surface area contributed by atoms with Gasteiger partial charge in [-0.15, -0.1) is 0 Å². The van der Waals surface area contributed by atoms with Crippen LogP contribution < -0.4 is 10.5 Å². The number of unbranched alkanes of at least 4 members (excludes halogenated alkanes) is 2. The first kappa shape index (κ1) is 13.0. The standard InChI is InChI=1S/C13H21NO2/c1-15-13-7-5-6-12(10-13)11-16-9-4-2-3-8-14/h5-7,10H,2-4,8-9,11,14H2,1H3. The number of ether oxygens (including phenoxy) is 2. The van der Waals surface area contributed by atoms with Crippen molar-refractivity contribution in [3.8, 4) is 5.75 Å². The largest absolute Gasteiger partial charge is 0.497 e. The highest BCUT2D eigenvalue weighted by Gasteiger charge is 1.96. The molecule has 3 heteroatoms. The molecule has 0 atom stereocenters. The topological polar surface area (TPSA) is 44.5 Å². The van der Waals surface area contributed by atoms with E-state index in [9.17, 15) is 0 Å². The summed E-state index contributed by atoms with van der Waals surface area (Å²) >= 11 is 0. The molecule has 16 heavy (non-hydrogen) atoms. The van der Waals surface area contributed by atoms with Crippen LogP contribution in [0.5, 0.6) is 5.75 Å². The van der Waals surface area contributed by atoms with Gasteiger partial charge in [0.05, 0.1) is 13.7 Å². The van der Waals surface area contributed by atoms with Gasteiger partial charge in [0, 0.05) is 6.61 Å². The Morgan fingerprint density at radius 2 is 2.06 bits per heavy atom. The van der Waals surface area contributed by atoms with E-state index >= 15 is 0 Å². The van der Waals surface area contributed by atoms with Crippen LogP contribution in [0.25, 0.3) is 0 Å². The van der Waals surface area contributed by atoms with Crippen molar-refractivity contribution in [1.82, 2.24) is 0 Å². The van der Waals surface area contributed by atoms with Crippen molar-refractivity contribution in [3.63, 3.8) is 0 Å². The van der Waals surface area contributed by atoms with Gasteiger partial charge in [-0.05, 0) is 43.5 Å². The summed E-state index contributed by atoms with van der Waals surface area (Å²) in [6, 6.07) is 7.96. The number of rotatable bonds is 8. The van der Waals surface area contributed by atoms with E-state index in [-0.39, 0.29) is 0 Å². The molecule has 0 fully saturated rings. The Labute approximate surface area is 97.6 Å². The van der Waals surface area contributed by atoms with E-state index in [1.54, 1.807) is 7.11 Å². The van der Waals surface area contributed by atoms with Crippen LogP contribution >= 0.6 is 0 Å². The Morgan fingerprint density at radius 3 is 2.81 bits per heavy atom. The SMILES string of the molecule is COc1cccc(COCCCCCN)c1. The molecule has 0 spiro atoms. The lowest BCUT2D eigenvalue weighted by molar-refractivity contribution is 0.117. The van der Waals surface area contributed by atoms with Crippen molar-refractivity contribution in [2.24, 2.45) is 5.73 Å². The molecule has 90 valence electrons. The Morgan fingerprint density at radius 1 is 1.19 bits per heavy atom. The molecule has 0 radical (unpaired) electrons. The van der Waals surface area contributed by atoms with Crippen LogP contribution in [-0.4, -0.2) is 20.3 Å². The van der Waals surface area contributed by atoms with Gasteiger partial charge in [0.25, 0.3) is 0 Å². The fourth-order valence-corrected chi connectivity index (χ4v) is 1.48. The highest BCUT2D eigenvalue weighted by molar-refractivity contribution is 5.27. The summed E-state index contributed by atoms with van der Waals surface area (Å²) in [5, 5.41) is 0. The van der Waals surface area contributed by atoms with Crippen LogP contribution in [0.3, 0.4) is 0 Å². The first-order valence-corrected chi connectivity index (χ1v) is 5.77. The van der Waals surface area contributed by atoms with Crippen LogP contribution in [0.2, 0.25) is 0 Å². The number of nitrogens with two attached hydrogens (primary N) is 1. The minimum Gasteiger partial charge on any atom is -0.497 e. The minimum atomic E-state index is 0.653. The maximum absolute atomic E-state index is 5.57. The lowest BCUT2D eigenvalue weighted by Crippen LogP contribution is -2.00. The van der Waals surface area contributed by atoms with Crippen molar-refractivity contribution in [2.45, 2.75) is 25.9 Å². The second-order valence-electron chi connectivity index (χ2n) is 3.75. The Kier molecular flexibility index (Phi) is 6.61. The fourth-order valence-electron chi connectivity index (χ4n) is 1.48. The molecule has 2 N–H and O–H groups in total. The first-order valence-electron chi connectivity index (χ1n) is 5.77. The van der Waals surface area contributed by atoms with Gasteiger partial charge in [0.15, 0.2) is 0 Å². The summed E-state index contributed by atoms with van der Waals surface area (Å²) in [6.45, 7) is 2.23. The Hall–Kier alpha value is -1.06. The van der Waals surface area contributed by atoms with Gasteiger partial charge in [-0.1, -0.05) is 12.1 Å². The van der Waals surface area contributed by atoms with Crippen molar-refractivity contribution >= 4 is 0 Å². The lowest BCUT2D eigenvalue weighted by Gasteiger charge is -2.06. The van der Waals surface area contributed by atoms with E-state index in [1.165, 1.54) is 0 Å². The molecule has 0 aliphatic heterocycles. The molecule has 0 saturated carbocycles. The predicted octanol–water partition coefficient (Wildman–Crippen LogP) is 2.34. The maximum atomic E-state index is 5.57. The number of hydrogen-bond donors (Lipinski definition) is 1. The molecule has 0 saturated heterocycles. The van der Waals surface area contributed by atoms with E-state index in [2.05, 4.69) is 0 Å². The van der Waals surface area contributed by atoms with E-state index in [0.29, 0.717) is 6.61 Å². The zero-order chi connectivity index (χ0) is 11.6. The highest BCUT2D eigenvalue weighted by Crippen LogP contribution is 2.13. The molecule has 0 bridgehead atoms. The Balaban J connectivity index is 2.16. The average Bonchev–Trinajstić information content (AvgIpc) is 2.34. The third-order valence-electron chi connectivity index (χ3n) is 2.40. The number of methoxy groups -OCH3 is 1. The van der Waals surface area contributed by atoms with Crippen molar-refractivity contribution in [3.05, 3.63) is 29.8 Å².